The number of nitrogens with two attached hydrogens (primary N) is 1. The molecule has 2 rings (SSSR count). The van der Waals surface area contributed by atoms with Gasteiger partial charge in [-0.3, -0.25) is 0 Å². The fourth-order valence-corrected chi connectivity index (χ4v) is 3.43. The Bertz CT molecular complexity index is 167. The average Bonchev–Trinajstić information content (AvgIpc) is 2.14. The van der Waals surface area contributed by atoms with Crippen molar-refractivity contribution in [2.45, 2.75) is 32.6 Å². The molecule has 76 valence electrons. The first-order chi connectivity index (χ1) is 6.27. The van der Waals surface area contributed by atoms with Crippen molar-refractivity contribution in [1.82, 2.24) is 5.32 Å². The third kappa shape index (κ3) is 1.62. The van der Waals surface area contributed by atoms with E-state index in [0.29, 0.717) is 5.41 Å². The van der Waals surface area contributed by atoms with Crippen LogP contribution in [0.3, 0.4) is 0 Å². The summed E-state index contributed by atoms with van der Waals surface area (Å²) in [4.78, 5) is 0. The normalized spacial score (nSPS) is 41.5. The largest absolute Gasteiger partial charge is 0.330 e. The Morgan fingerprint density at radius 1 is 1.31 bits per heavy atom. The number of hydrogen-bond donors (Lipinski definition) is 2. The highest BCUT2D eigenvalue weighted by molar-refractivity contribution is 4.98. The van der Waals surface area contributed by atoms with Crippen LogP contribution in [0.4, 0.5) is 0 Å². The number of nitrogens with one attached hydrogen (secondary N) is 1. The molecule has 0 aromatic heterocycles. The van der Waals surface area contributed by atoms with E-state index in [1.807, 2.05) is 0 Å². The van der Waals surface area contributed by atoms with E-state index in [2.05, 4.69) is 12.2 Å². The van der Waals surface area contributed by atoms with Crippen LogP contribution in [0, 0.1) is 17.3 Å². The van der Waals surface area contributed by atoms with Gasteiger partial charge in [0.15, 0.2) is 0 Å². The van der Waals surface area contributed by atoms with Crippen molar-refractivity contribution in [2.75, 3.05) is 19.6 Å². The smallest absolute Gasteiger partial charge is 0.00177 e. The lowest BCUT2D eigenvalue weighted by atomic mass is 9.54. The third-order valence-corrected chi connectivity index (χ3v) is 4.12. The molecule has 1 aliphatic heterocycles. The van der Waals surface area contributed by atoms with Crippen LogP contribution in [-0.4, -0.2) is 19.6 Å². The van der Waals surface area contributed by atoms with E-state index in [4.69, 9.17) is 5.73 Å². The van der Waals surface area contributed by atoms with E-state index in [9.17, 15) is 0 Å². The maximum atomic E-state index is 5.94. The summed E-state index contributed by atoms with van der Waals surface area (Å²) >= 11 is 0. The minimum absolute atomic E-state index is 0.543. The van der Waals surface area contributed by atoms with Gasteiger partial charge in [0, 0.05) is 0 Å². The van der Waals surface area contributed by atoms with E-state index in [1.165, 1.54) is 38.8 Å². The second-order valence-electron chi connectivity index (χ2n) is 5.10. The molecule has 2 heteroatoms. The lowest BCUT2D eigenvalue weighted by Crippen LogP contribution is -2.50. The molecule has 2 aliphatic rings. The standard InChI is InChI=1S/C11H22N2/c1-9-6-11(7-9,8-12)10-2-4-13-5-3-10/h9-10,13H,2-8,12H2,1H3. The van der Waals surface area contributed by atoms with Crippen molar-refractivity contribution < 1.29 is 0 Å². The van der Waals surface area contributed by atoms with Crippen LogP contribution in [0.5, 0.6) is 0 Å². The SMILES string of the molecule is CC1CC(CN)(C2CCNCC2)C1. The van der Waals surface area contributed by atoms with Crippen molar-refractivity contribution in [1.29, 1.82) is 0 Å². The molecule has 0 atom stereocenters. The van der Waals surface area contributed by atoms with Gasteiger partial charge in [-0.1, -0.05) is 6.92 Å². The van der Waals surface area contributed by atoms with Crippen LogP contribution in [0.1, 0.15) is 32.6 Å². The Kier molecular flexibility index (Phi) is 2.61. The summed E-state index contributed by atoms with van der Waals surface area (Å²) in [6.45, 7) is 5.69. The molecule has 0 unspecified atom stereocenters. The zero-order valence-electron chi connectivity index (χ0n) is 8.68. The minimum Gasteiger partial charge on any atom is -0.330 e. The quantitative estimate of drug-likeness (QED) is 0.677. The van der Waals surface area contributed by atoms with Crippen LogP contribution < -0.4 is 11.1 Å². The fraction of sp³-hybridized carbons (Fsp3) is 1.00. The zero-order valence-corrected chi connectivity index (χ0v) is 8.68. The first-order valence-corrected chi connectivity index (χ1v) is 5.68. The van der Waals surface area contributed by atoms with Crippen molar-refractivity contribution in [2.24, 2.45) is 23.0 Å². The van der Waals surface area contributed by atoms with E-state index >= 15 is 0 Å². The molecule has 0 amide bonds. The van der Waals surface area contributed by atoms with Gasteiger partial charge in [0.25, 0.3) is 0 Å². The Morgan fingerprint density at radius 2 is 1.92 bits per heavy atom. The van der Waals surface area contributed by atoms with Gasteiger partial charge in [0.1, 0.15) is 0 Å². The van der Waals surface area contributed by atoms with Gasteiger partial charge in [-0.05, 0) is 62.6 Å². The summed E-state index contributed by atoms with van der Waals surface area (Å²) in [5.74, 6) is 1.84. The highest BCUT2D eigenvalue weighted by Gasteiger charge is 2.46. The van der Waals surface area contributed by atoms with E-state index in [-0.39, 0.29) is 0 Å². The molecular weight excluding hydrogens is 160 g/mol. The summed E-state index contributed by atoms with van der Waals surface area (Å²) in [7, 11) is 0. The molecule has 1 saturated heterocycles. The van der Waals surface area contributed by atoms with Crippen molar-refractivity contribution in [3.8, 4) is 0 Å². The number of rotatable bonds is 2. The molecule has 0 aromatic carbocycles. The van der Waals surface area contributed by atoms with Gasteiger partial charge in [-0.25, -0.2) is 0 Å². The lowest BCUT2D eigenvalue weighted by Gasteiger charge is -2.52. The second kappa shape index (κ2) is 3.58. The van der Waals surface area contributed by atoms with Gasteiger partial charge in [0.05, 0.1) is 0 Å². The summed E-state index contributed by atoms with van der Waals surface area (Å²) in [6.07, 6.45) is 5.47. The Hall–Kier alpha value is -0.0800. The fourth-order valence-electron chi connectivity index (χ4n) is 3.43. The maximum Gasteiger partial charge on any atom is -0.00177 e. The molecule has 13 heavy (non-hydrogen) atoms. The molecule has 1 aliphatic carbocycles. The van der Waals surface area contributed by atoms with Crippen molar-refractivity contribution in [3.63, 3.8) is 0 Å². The summed E-state index contributed by atoms with van der Waals surface area (Å²) < 4.78 is 0. The lowest BCUT2D eigenvalue weighted by molar-refractivity contribution is -0.00565. The first kappa shape index (κ1) is 9.47. The summed E-state index contributed by atoms with van der Waals surface area (Å²) in [6, 6.07) is 0. The molecule has 0 aromatic rings. The van der Waals surface area contributed by atoms with Crippen LogP contribution in [0.25, 0.3) is 0 Å². The van der Waals surface area contributed by atoms with Crippen molar-refractivity contribution in [3.05, 3.63) is 0 Å². The van der Waals surface area contributed by atoms with Crippen LogP contribution in [0.15, 0.2) is 0 Å². The molecule has 0 spiro atoms. The Labute approximate surface area is 81.3 Å². The van der Waals surface area contributed by atoms with Gasteiger partial charge in [-0.2, -0.15) is 0 Å². The Morgan fingerprint density at radius 3 is 2.38 bits per heavy atom. The Balaban J connectivity index is 1.95. The highest BCUT2D eigenvalue weighted by atomic mass is 14.9. The second-order valence-corrected chi connectivity index (χ2v) is 5.10. The molecule has 2 nitrogen and oxygen atoms in total. The van der Waals surface area contributed by atoms with E-state index in [0.717, 1.165) is 18.4 Å². The molecule has 3 N–H and O–H groups in total. The van der Waals surface area contributed by atoms with Gasteiger partial charge in [0.2, 0.25) is 0 Å². The van der Waals surface area contributed by atoms with Crippen molar-refractivity contribution >= 4 is 0 Å². The van der Waals surface area contributed by atoms with Crippen LogP contribution in [-0.2, 0) is 0 Å². The number of hydrogen-bond acceptors (Lipinski definition) is 2. The first-order valence-electron chi connectivity index (χ1n) is 5.68. The molecule has 1 saturated carbocycles. The molecule has 0 radical (unpaired) electrons. The van der Waals surface area contributed by atoms with Gasteiger partial charge < -0.3 is 11.1 Å². The highest BCUT2D eigenvalue weighted by Crippen LogP contribution is 2.52. The predicted octanol–water partition coefficient (Wildman–Crippen LogP) is 1.36. The average molecular weight is 182 g/mol. The van der Waals surface area contributed by atoms with Crippen LogP contribution in [0.2, 0.25) is 0 Å². The maximum absolute atomic E-state index is 5.94. The van der Waals surface area contributed by atoms with Gasteiger partial charge in [-0.15, -0.1) is 0 Å². The summed E-state index contributed by atoms with van der Waals surface area (Å²) in [5, 5.41) is 3.43. The van der Waals surface area contributed by atoms with Crippen LogP contribution >= 0.6 is 0 Å². The zero-order chi connectivity index (χ0) is 9.31. The summed E-state index contributed by atoms with van der Waals surface area (Å²) in [5.41, 5.74) is 6.48. The van der Waals surface area contributed by atoms with Gasteiger partial charge >= 0.3 is 0 Å². The predicted molar refractivity (Wildman–Crippen MR) is 55.5 cm³/mol. The topological polar surface area (TPSA) is 38.0 Å². The van der Waals surface area contributed by atoms with E-state index < -0.39 is 0 Å². The third-order valence-electron chi connectivity index (χ3n) is 4.12. The minimum atomic E-state index is 0.543. The molecule has 2 fully saturated rings. The molecular formula is C11H22N2. The number of piperidine rings is 1. The van der Waals surface area contributed by atoms with E-state index in [1.54, 1.807) is 0 Å². The molecule has 0 bridgehead atoms. The molecule has 1 heterocycles. The monoisotopic (exact) mass is 182 g/mol.